The summed E-state index contributed by atoms with van der Waals surface area (Å²) in [5.74, 6) is -0.959. The number of nitrogens with zero attached hydrogens (tertiary/aromatic N) is 2. The number of rotatable bonds is 7. The lowest BCUT2D eigenvalue weighted by Crippen LogP contribution is -2.32. The molecule has 0 aliphatic heterocycles. The Bertz CT molecular complexity index is 1210. The van der Waals surface area contributed by atoms with Crippen molar-refractivity contribution in [3.63, 3.8) is 0 Å². The smallest absolute Gasteiger partial charge is 0.337 e. The topological polar surface area (TPSA) is 107 Å². The molecule has 10 heteroatoms. The molecular formula is C20H18FN3O5S. The van der Waals surface area contributed by atoms with Gasteiger partial charge in [0.25, 0.3) is 5.56 Å². The first-order chi connectivity index (χ1) is 14.3. The van der Waals surface area contributed by atoms with Crippen LogP contribution >= 0.6 is 0 Å². The minimum Gasteiger partial charge on any atom is -0.465 e. The highest BCUT2D eigenvalue weighted by molar-refractivity contribution is 7.89. The van der Waals surface area contributed by atoms with Gasteiger partial charge in [0.2, 0.25) is 10.0 Å². The molecule has 0 bridgehead atoms. The number of carbonyl (C=O) groups excluding carboxylic acids is 1. The zero-order valence-corrected chi connectivity index (χ0v) is 16.7. The number of ether oxygens (including phenoxy) is 1. The second-order valence-electron chi connectivity index (χ2n) is 6.20. The normalized spacial score (nSPS) is 11.3. The summed E-state index contributed by atoms with van der Waals surface area (Å²) in [4.78, 5) is 23.4. The second kappa shape index (κ2) is 8.97. The van der Waals surface area contributed by atoms with E-state index in [2.05, 4.69) is 14.6 Å². The molecule has 0 amide bonds. The van der Waals surface area contributed by atoms with Crippen molar-refractivity contribution in [1.29, 1.82) is 0 Å². The van der Waals surface area contributed by atoms with Gasteiger partial charge in [-0.05, 0) is 54.6 Å². The summed E-state index contributed by atoms with van der Waals surface area (Å²) in [6.45, 7) is -0.0891. The zero-order chi connectivity index (χ0) is 21.7. The molecule has 1 N–H and O–H groups in total. The molecule has 0 spiro atoms. The Kier molecular flexibility index (Phi) is 6.38. The van der Waals surface area contributed by atoms with Crippen molar-refractivity contribution in [2.24, 2.45) is 0 Å². The number of esters is 1. The van der Waals surface area contributed by atoms with Gasteiger partial charge in [0.1, 0.15) is 5.82 Å². The van der Waals surface area contributed by atoms with Gasteiger partial charge in [-0.2, -0.15) is 5.10 Å². The molecule has 0 atom stereocenters. The van der Waals surface area contributed by atoms with E-state index in [1.54, 1.807) is 0 Å². The molecule has 2 aromatic carbocycles. The van der Waals surface area contributed by atoms with Gasteiger partial charge in [0, 0.05) is 18.2 Å². The maximum atomic E-state index is 13.1. The van der Waals surface area contributed by atoms with Crippen molar-refractivity contribution < 1.29 is 22.3 Å². The van der Waals surface area contributed by atoms with Crippen molar-refractivity contribution in [2.75, 3.05) is 13.7 Å². The van der Waals surface area contributed by atoms with Crippen LogP contribution in [0.4, 0.5) is 4.39 Å². The molecule has 1 heterocycles. The van der Waals surface area contributed by atoms with E-state index in [1.165, 1.54) is 67.8 Å². The van der Waals surface area contributed by atoms with Crippen molar-refractivity contribution in [3.05, 3.63) is 82.4 Å². The summed E-state index contributed by atoms with van der Waals surface area (Å²) in [5.41, 5.74) is 0.902. The third-order valence-electron chi connectivity index (χ3n) is 4.21. The minimum atomic E-state index is -3.85. The van der Waals surface area contributed by atoms with Gasteiger partial charge >= 0.3 is 5.97 Å². The van der Waals surface area contributed by atoms with Gasteiger partial charge < -0.3 is 4.74 Å². The number of benzene rings is 2. The summed E-state index contributed by atoms with van der Waals surface area (Å²) in [7, 11) is -2.61. The van der Waals surface area contributed by atoms with E-state index in [0.717, 1.165) is 4.68 Å². The third-order valence-corrected chi connectivity index (χ3v) is 5.68. The molecule has 0 aliphatic carbocycles. The lowest BCUT2D eigenvalue weighted by molar-refractivity contribution is 0.0600. The fourth-order valence-electron chi connectivity index (χ4n) is 2.64. The van der Waals surface area contributed by atoms with E-state index in [0.29, 0.717) is 11.3 Å². The van der Waals surface area contributed by atoms with Crippen LogP contribution in [0.2, 0.25) is 0 Å². The molecule has 0 radical (unpaired) electrons. The number of hydrogen-bond donors (Lipinski definition) is 1. The van der Waals surface area contributed by atoms with Gasteiger partial charge in [0.15, 0.2) is 0 Å². The number of carbonyl (C=O) groups is 1. The fraction of sp³-hybridized carbons (Fsp3) is 0.150. The maximum absolute atomic E-state index is 13.1. The Hall–Kier alpha value is -3.37. The standard InChI is InChI=1S/C20H18FN3O5S/c1-29-20(26)15-4-8-17(9-5-15)30(27,28)22-12-13-24-19(25)11-10-18(23-24)14-2-6-16(21)7-3-14/h2-11,22H,12-13H2,1H3. The second-order valence-corrected chi connectivity index (χ2v) is 7.97. The predicted octanol–water partition coefficient (Wildman–Crippen LogP) is 1.81. The van der Waals surface area contributed by atoms with E-state index in [9.17, 15) is 22.4 Å². The number of hydrogen-bond acceptors (Lipinski definition) is 6. The number of aromatic nitrogens is 2. The van der Waals surface area contributed by atoms with Crippen LogP contribution in [0.5, 0.6) is 0 Å². The zero-order valence-electron chi connectivity index (χ0n) is 15.9. The summed E-state index contributed by atoms with van der Waals surface area (Å²) in [6, 6.07) is 13.7. The molecule has 3 rings (SSSR count). The Balaban J connectivity index is 1.69. The van der Waals surface area contributed by atoms with Crippen LogP contribution in [0, 0.1) is 5.82 Å². The van der Waals surface area contributed by atoms with Crippen LogP contribution in [0.25, 0.3) is 11.3 Å². The van der Waals surface area contributed by atoms with Crippen LogP contribution in [0.3, 0.4) is 0 Å². The number of methoxy groups -OCH3 is 1. The molecule has 0 fully saturated rings. The predicted molar refractivity (Wildman–Crippen MR) is 107 cm³/mol. The minimum absolute atomic E-state index is 0.00660. The first kappa shape index (κ1) is 21.3. The lowest BCUT2D eigenvalue weighted by atomic mass is 10.1. The Labute approximate surface area is 172 Å². The summed E-state index contributed by atoms with van der Waals surface area (Å²) < 4.78 is 46.0. The highest BCUT2D eigenvalue weighted by atomic mass is 32.2. The van der Waals surface area contributed by atoms with Gasteiger partial charge in [-0.15, -0.1) is 0 Å². The van der Waals surface area contributed by atoms with Gasteiger partial charge in [-0.3, -0.25) is 4.79 Å². The number of sulfonamides is 1. The van der Waals surface area contributed by atoms with Gasteiger partial charge in [-0.1, -0.05) is 0 Å². The van der Waals surface area contributed by atoms with E-state index < -0.39 is 21.6 Å². The third kappa shape index (κ3) is 4.97. The Morgan fingerprint density at radius 2 is 1.73 bits per heavy atom. The van der Waals surface area contributed by atoms with Crippen molar-refractivity contribution in [1.82, 2.24) is 14.5 Å². The van der Waals surface area contributed by atoms with E-state index >= 15 is 0 Å². The van der Waals surface area contributed by atoms with Crippen LogP contribution in [-0.4, -0.2) is 37.8 Å². The molecule has 0 unspecified atom stereocenters. The first-order valence-electron chi connectivity index (χ1n) is 8.82. The highest BCUT2D eigenvalue weighted by Gasteiger charge is 2.15. The van der Waals surface area contributed by atoms with Crippen LogP contribution < -0.4 is 10.3 Å². The maximum Gasteiger partial charge on any atom is 0.337 e. The van der Waals surface area contributed by atoms with Crippen molar-refractivity contribution >= 4 is 16.0 Å². The van der Waals surface area contributed by atoms with Crippen LogP contribution in [-0.2, 0) is 21.3 Å². The summed E-state index contributed by atoms with van der Waals surface area (Å²) >= 11 is 0. The van der Waals surface area contributed by atoms with E-state index in [1.807, 2.05) is 0 Å². The van der Waals surface area contributed by atoms with Gasteiger partial charge in [-0.25, -0.2) is 27.0 Å². The first-order valence-corrected chi connectivity index (χ1v) is 10.3. The average molecular weight is 431 g/mol. The Morgan fingerprint density at radius 1 is 1.07 bits per heavy atom. The van der Waals surface area contributed by atoms with Crippen molar-refractivity contribution in [3.8, 4) is 11.3 Å². The van der Waals surface area contributed by atoms with Crippen LogP contribution in [0.15, 0.2) is 70.4 Å². The summed E-state index contributed by atoms with van der Waals surface area (Å²) in [5, 5.41) is 4.20. The van der Waals surface area contributed by atoms with E-state index in [-0.39, 0.29) is 29.4 Å². The SMILES string of the molecule is COC(=O)c1ccc(S(=O)(=O)NCCn2nc(-c3ccc(F)cc3)ccc2=O)cc1. The molecule has 0 saturated carbocycles. The molecule has 0 saturated heterocycles. The lowest BCUT2D eigenvalue weighted by Gasteiger charge is -2.09. The largest absolute Gasteiger partial charge is 0.465 e. The van der Waals surface area contributed by atoms with E-state index in [4.69, 9.17) is 0 Å². The fourth-order valence-corrected chi connectivity index (χ4v) is 3.66. The molecule has 1 aromatic heterocycles. The van der Waals surface area contributed by atoms with Gasteiger partial charge in [0.05, 0.1) is 29.8 Å². The monoisotopic (exact) mass is 431 g/mol. The highest BCUT2D eigenvalue weighted by Crippen LogP contribution is 2.15. The summed E-state index contributed by atoms with van der Waals surface area (Å²) in [6.07, 6.45) is 0. The Morgan fingerprint density at radius 3 is 2.37 bits per heavy atom. The average Bonchev–Trinajstić information content (AvgIpc) is 2.75. The molecule has 30 heavy (non-hydrogen) atoms. The van der Waals surface area contributed by atoms with Crippen LogP contribution in [0.1, 0.15) is 10.4 Å². The molecule has 0 aliphatic rings. The molecule has 156 valence electrons. The van der Waals surface area contributed by atoms with Crippen molar-refractivity contribution in [2.45, 2.75) is 11.4 Å². The molecular weight excluding hydrogens is 413 g/mol. The quantitative estimate of drug-likeness (QED) is 0.572. The number of halogens is 1. The molecule has 3 aromatic rings. The molecule has 8 nitrogen and oxygen atoms in total. The number of nitrogens with one attached hydrogen (secondary N) is 1.